The van der Waals surface area contributed by atoms with Gasteiger partial charge in [0.25, 0.3) is 0 Å². The third-order valence-electron chi connectivity index (χ3n) is 4.82. The average Bonchev–Trinajstić information content (AvgIpc) is 3.16. The predicted octanol–water partition coefficient (Wildman–Crippen LogP) is 3.48. The molecule has 0 saturated carbocycles. The molecule has 0 atom stereocenters. The van der Waals surface area contributed by atoms with E-state index in [2.05, 4.69) is 58.6 Å². The molecule has 5 nitrogen and oxygen atoms in total. The molecule has 1 aliphatic rings. The first-order valence-corrected chi connectivity index (χ1v) is 10.8. The molecule has 2 aromatic rings. The van der Waals surface area contributed by atoms with Crippen LogP contribution in [0.15, 0.2) is 35.5 Å². The second-order valence-corrected chi connectivity index (χ2v) is 8.01. The highest BCUT2D eigenvalue weighted by Gasteiger charge is 2.14. The number of nitrogens with zero attached hydrogens (tertiary/aromatic N) is 3. The minimum Gasteiger partial charge on any atom is -0.357 e. The van der Waals surface area contributed by atoms with Crippen molar-refractivity contribution >= 4 is 41.3 Å². The van der Waals surface area contributed by atoms with E-state index in [0.29, 0.717) is 0 Å². The molecular formula is C21H32IN5S. The second-order valence-electron chi connectivity index (χ2n) is 6.81. The zero-order chi connectivity index (χ0) is 18.9. The van der Waals surface area contributed by atoms with Gasteiger partial charge in [0.05, 0.1) is 11.6 Å². The number of nitrogens with one attached hydrogen (secondary N) is 2. The molecule has 154 valence electrons. The van der Waals surface area contributed by atoms with Gasteiger partial charge in [-0.15, -0.1) is 35.3 Å². The van der Waals surface area contributed by atoms with Crippen molar-refractivity contribution in [1.29, 1.82) is 0 Å². The number of halogens is 1. The Balaban J connectivity index is 0.00000280. The summed E-state index contributed by atoms with van der Waals surface area (Å²) < 4.78 is 0. The summed E-state index contributed by atoms with van der Waals surface area (Å²) in [6.07, 6.45) is 5.15. The van der Waals surface area contributed by atoms with Crippen LogP contribution in [0.4, 0.5) is 0 Å². The van der Waals surface area contributed by atoms with Crippen molar-refractivity contribution in [1.82, 2.24) is 20.5 Å². The summed E-state index contributed by atoms with van der Waals surface area (Å²) in [5.74, 6) is 0.905. The molecule has 28 heavy (non-hydrogen) atoms. The van der Waals surface area contributed by atoms with Crippen molar-refractivity contribution in [3.63, 3.8) is 0 Å². The minimum absolute atomic E-state index is 0. The molecule has 0 bridgehead atoms. The number of rotatable bonds is 8. The monoisotopic (exact) mass is 513 g/mol. The van der Waals surface area contributed by atoms with E-state index in [1.165, 1.54) is 21.0 Å². The Morgan fingerprint density at radius 1 is 1.21 bits per heavy atom. The molecule has 1 aliphatic heterocycles. The molecule has 1 aromatic carbocycles. The summed E-state index contributed by atoms with van der Waals surface area (Å²) in [5, 5.41) is 7.98. The van der Waals surface area contributed by atoms with Crippen LogP contribution >= 0.6 is 35.3 Å². The lowest BCUT2D eigenvalue weighted by Gasteiger charge is -2.28. The van der Waals surface area contributed by atoms with Gasteiger partial charge in [0.15, 0.2) is 5.96 Å². The van der Waals surface area contributed by atoms with Gasteiger partial charge in [-0.05, 0) is 30.9 Å². The van der Waals surface area contributed by atoms with Crippen LogP contribution in [0.2, 0.25) is 0 Å². The topological polar surface area (TPSA) is 52.6 Å². The van der Waals surface area contributed by atoms with Crippen molar-refractivity contribution < 1.29 is 0 Å². The molecule has 0 fully saturated rings. The van der Waals surface area contributed by atoms with E-state index in [9.17, 15) is 0 Å². The first kappa shape index (κ1) is 23.1. The number of benzene rings is 1. The summed E-state index contributed by atoms with van der Waals surface area (Å²) >= 11 is 1.81. The van der Waals surface area contributed by atoms with Crippen LogP contribution in [0.5, 0.6) is 0 Å². The van der Waals surface area contributed by atoms with Gasteiger partial charge in [-0.1, -0.05) is 31.2 Å². The molecule has 0 spiro atoms. The summed E-state index contributed by atoms with van der Waals surface area (Å²) in [4.78, 5) is 13.1. The first-order valence-electron chi connectivity index (χ1n) is 10.0. The smallest absolute Gasteiger partial charge is 0.191 e. The first-order chi connectivity index (χ1) is 13.3. The number of aryl methyl sites for hydroxylation is 1. The number of hydrogen-bond donors (Lipinski definition) is 2. The third-order valence-corrected chi connectivity index (χ3v) is 6.02. The van der Waals surface area contributed by atoms with Crippen LogP contribution in [0.25, 0.3) is 0 Å². The minimum atomic E-state index is 0. The van der Waals surface area contributed by atoms with Crippen LogP contribution in [0.1, 0.15) is 34.9 Å². The normalized spacial score (nSPS) is 14.3. The third kappa shape index (κ3) is 7.00. The molecule has 0 unspecified atom stereocenters. The fourth-order valence-corrected chi connectivity index (χ4v) is 4.17. The standard InChI is InChI=1S/C21H31N5S.HI/c1-3-19-15-25-20(27-19)9-11-23-21(22-4-2)24-12-14-26-13-10-17-7-5-6-8-18(17)16-26;/h5-8,15H,3-4,9-14,16H2,1-2H3,(H2,22,23,24);1H. The van der Waals surface area contributed by atoms with E-state index in [-0.39, 0.29) is 24.0 Å². The van der Waals surface area contributed by atoms with Crippen LogP contribution in [0.3, 0.4) is 0 Å². The number of fused-ring (bicyclic) bond motifs is 1. The van der Waals surface area contributed by atoms with Gasteiger partial charge in [0.1, 0.15) is 0 Å². The summed E-state index contributed by atoms with van der Waals surface area (Å²) in [6, 6.07) is 8.78. The number of aliphatic imine (C=N–C) groups is 1. The van der Waals surface area contributed by atoms with E-state index in [1.54, 1.807) is 0 Å². The van der Waals surface area contributed by atoms with Crippen LogP contribution in [-0.4, -0.2) is 48.6 Å². The Bertz CT molecular complexity index is 746. The van der Waals surface area contributed by atoms with Gasteiger partial charge in [-0.3, -0.25) is 9.89 Å². The zero-order valence-electron chi connectivity index (χ0n) is 16.9. The SMILES string of the molecule is CCNC(=NCCN1CCc2ccccc2C1)NCCc1ncc(CC)s1.I. The van der Waals surface area contributed by atoms with Gasteiger partial charge in [0.2, 0.25) is 0 Å². The molecule has 7 heteroatoms. The predicted molar refractivity (Wildman–Crippen MR) is 130 cm³/mol. The fraction of sp³-hybridized carbons (Fsp3) is 0.524. The fourth-order valence-electron chi connectivity index (χ4n) is 3.30. The van der Waals surface area contributed by atoms with Gasteiger partial charge < -0.3 is 10.6 Å². The van der Waals surface area contributed by atoms with Crippen molar-refractivity contribution in [2.24, 2.45) is 4.99 Å². The Morgan fingerprint density at radius 3 is 2.79 bits per heavy atom. The number of aromatic nitrogens is 1. The highest BCUT2D eigenvalue weighted by atomic mass is 127. The van der Waals surface area contributed by atoms with E-state index in [4.69, 9.17) is 4.99 Å². The molecule has 3 rings (SSSR count). The Labute approximate surface area is 190 Å². The van der Waals surface area contributed by atoms with Crippen molar-refractivity contribution in [2.75, 3.05) is 32.7 Å². The van der Waals surface area contributed by atoms with Crippen molar-refractivity contribution in [3.05, 3.63) is 51.5 Å². The number of guanidine groups is 1. The lowest BCUT2D eigenvalue weighted by molar-refractivity contribution is 0.261. The van der Waals surface area contributed by atoms with Gasteiger partial charge in [0, 0.05) is 50.2 Å². The lowest BCUT2D eigenvalue weighted by Crippen LogP contribution is -2.39. The van der Waals surface area contributed by atoms with Crippen LogP contribution in [0, 0.1) is 0 Å². The highest BCUT2D eigenvalue weighted by molar-refractivity contribution is 14.0. The van der Waals surface area contributed by atoms with Crippen molar-refractivity contribution in [3.8, 4) is 0 Å². The molecular weight excluding hydrogens is 481 g/mol. The number of hydrogen-bond acceptors (Lipinski definition) is 4. The summed E-state index contributed by atoms with van der Waals surface area (Å²) in [5.41, 5.74) is 2.97. The maximum absolute atomic E-state index is 4.75. The Hall–Kier alpha value is -1.19. The van der Waals surface area contributed by atoms with Gasteiger partial charge in [-0.2, -0.15) is 0 Å². The summed E-state index contributed by atoms with van der Waals surface area (Å²) in [6.45, 7) is 9.99. The molecule has 0 radical (unpaired) electrons. The van der Waals surface area contributed by atoms with Crippen LogP contribution in [-0.2, 0) is 25.8 Å². The summed E-state index contributed by atoms with van der Waals surface area (Å²) in [7, 11) is 0. The van der Waals surface area contributed by atoms with Crippen LogP contribution < -0.4 is 10.6 Å². The van der Waals surface area contributed by atoms with Gasteiger partial charge in [-0.25, -0.2) is 4.98 Å². The molecule has 1 aromatic heterocycles. The molecule has 0 saturated heterocycles. The second kappa shape index (κ2) is 12.4. The molecule has 2 N–H and O–H groups in total. The average molecular weight is 513 g/mol. The molecule has 0 amide bonds. The molecule has 0 aliphatic carbocycles. The number of thiazole rings is 1. The van der Waals surface area contributed by atoms with E-state index < -0.39 is 0 Å². The Kier molecular flexibility index (Phi) is 10.2. The maximum atomic E-state index is 4.75. The Morgan fingerprint density at radius 2 is 2.04 bits per heavy atom. The lowest BCUT2D eigenvalue weighted by atomic mass is 10.0. The quantitative estimate of drug-likeness (QED) is 0.323. The largest absolute Gasteiger partial charge is 0.357 e. The van der Waals surface area contributed by atoms with Crippen molar-refractivity contribution in [2.45, 2.75) is 39.7 Å². The van der Waals surface area contributed by atoms with Gasteiger partial charge >= 0.3 is 0 Å². The molecule has 2 heterocycles. The van der Waals surface area contributed by atoms with E-state index in [0.717, 1.165) is 64.5 Å². The van der Waals surface area contributed by atoms with E-state index in [1.807, 2.05) is 17.5 Å². The maximum Gasteiger partial charge on any atom is 0.191 e. The zero-order valence-corrected chi connectivity index (χ0v) is 20.1. The highest BCUT2D eigenvalue weighted by Crippen LogP contribution is 2.18. The van der Waals surface area contributed by atoms with E-state index >= 15 is 0 Å².